The van der Waals surface area contributed by atoms with E-state index in [0.29, 0.717) is 13.1 Å². The fraction of sp³-hybridized carbons (Fsp3) is 0.278. The van der Waals surface area contributed by atoms with E-state index in [1.165, 1.54) is 13.0 Å². The first kappa shape index (κ1) is 18.0. The standard InChI is InChI=1S/C18H22N2O3S/c1-3-13-24(22,23)14(2)18(21)20-12-11-19-17-10-6-8-15-7-4-5-9-16(15)17/h3-10,14,19H,1,11-13H2,2H3,(H,20,21). The molecule has 2 aromatic carbocycles. The highest BCUT2D eigenvalue weighted by molar-refractivity contribution is 7.92. The van der Waals surface area contributed by atoms with Crippen LogP contribution in [0.3, 0.4) is 0 Å². The lowest BCUT2D eigenvalue weighted by molar-refractivity contribution is -0.120. The number of anilines is 1. The van der Waals surface area contributed by atoms with Crippen molar-refractivity contribution < 1.29 is 13.2 Å². The van der Waals surface area contributed by atoms with Crippen LogP contribution in [-0.4, -0.2) is 38.4 Å². The quantitative estimate of drug-likeness (QED) is 0.568. The second-order valence-corrected chi connectivity index (χ2v) is 7.87. The number of nitrogens with one attached hydrogen (secondary N) is 2. The molecule has 1 atom stereocenters. The third-order valence-corrected chi connectivity index (χ3v) is 5.78. The van der Waals surface area contributed by atoms with Gasteiger partial charge in [-0.25, -0.2) is 8.42 Å². The van der Waals surface area contributed by atoms with Crippen LogP contribution in [0.2, 0.25) is 0 Å². The van der Waals surface area contributed by atoms with Gasteiger partial charge < -0.3 is 10.6 Å². The van der Waals surface area contributed by atoms with Gasteiger partial charge in [0.2, 0.25) is 5.91 Å². The number of hydrogen-bond acceptors (Lipinski definition) is 4. The van der Waals surface area contributed by atoms with E-state index in [1.807, 2.05) is 42.5 Å². The minimum atomic E-state index is -3.48. The SMILES string of the molecule is C=CCS(=O)(=O)C(C)C(=O)NCCNc1cccc2ccccc12. The van der Waals surface area contributed by atoms with Crippen LogP contribution in [0.4, 0.5) is 5.69 Å². The summed E-state index contributed by atoms with van der Waals surface area (Å²) in [5.74, 6) is -0.688. The van der Waals surface area contributed by atoms with Crippen molar-refractivity contribution in [3.63, 3.8) is 0 Å². The highest BCUT2D eigenvalue weighted by Crippen LogP contribution is 2.22. The van der Waals surface area contributed by atoms with Gasteiger partial charge in [0.15, 0.2) is 9.84 Å². The number of hydrogen-bond donors (Lipinski definition) is 2. The van der Waals surface area contributed by atoms with Crippen LogP contribution in [0.1, 0.15) is 6.92 Å². The minimum absolute atomic E-state index is 0.199. The van der Waals surface area contributed by atoms with Crippen molar-refractivity contribution in [3.05, 3.63) is 55.1 Å². The average molecular weight is 346 g/mol. The zero-order valence-electron chi connectivity index (χ0n) is 13.7. The molecule has 0 aliphatic heterocycles. The highest BCUT2D eigenvalue weighted by Gasteiger charge is 2.26. The molecule has 128 valence electrons. The molecule has 0 bridgehead atoms. The van der Waals surface area contributed by atoms with E-state index in [2.05, 4.69) is 17.2 Å². The molecule has 2 rings (SSSR count). The molecule has 0 aliphatic carbocycles. The Morgan fingerprint density at radius 2 is 1.88 bits per heavy atom. The molecule has 2 aromatic rings. The summed E-state index contributed by atoms with van der Waals surface area (Å²) in [6, 6.07) is 14.0. The Bertz CT molecular complexity index is 826. The summed E-state index contributed by atoms with van der Waals surface area (Å²) in [7, 11) is -3.48. The van der Waals surface area contributed by atoms with E-state index in [1.54, 1.807) is 0 Å². The van der Waals surface area contributed by atoms with Crippen LogP contribution in [-0.2, 0) is 14.6 Å². The molecule has 0 aromatic heterocycles. The predicted octanol–water partition coefficient (Wildman–Crippen LogP) is 2.36. The first-order valence-corrected chi connectivity index (χ1v) is 9.49. The average Bonchev–Trinajstić information content (AvgIpc) is 2.57. The Balaban J connectivity index is 1.88. The van der Waals surface area contributed by atoms with E-state index < -0.39 is 21.0 Å². The molecule has 0 aliphatic rings. The van der Waals surface area contributed by atoms with E-state index in [0.717, 1.165) is 16.5 Å². The maximum Gasteiger partial charge on any atom is 0.238 e. The van der Waals surface area contributed by atoms with Gasteiger partial charge in [-0.05, 0) is 18.4 Å². The first-order chi connectivity index (χ1) is 11.5. The van der Waals surface area contributed by atoms with E-state index in [4.69, 9.17) is 0 Å². The molecule has 0 spiro atoms. The lowest BCUT2D eigenvalue weighted by Crippen LogP contribution is -2.40. The van der Waals surface area contributed by atoms with E-state index in [9.17, 15) is 13.2 Å². The molecule has 5 nitrogen and oxygen atoms in total. The number of benzene rings is 2. The highest BCUT2D eigenvalue weighted by atomic mass is 32.2. The zero-order chi connectivity index (χ0) is 17.6. The van der Waals surface area contributed by atoms with Crippen LogP contribution >= 0.6 is 0 Å². The molecule has 0 heterocycles. The predicted molar refractivity (Wildman–Crippen MR) is 98.9 cm³/mol. The van der Waals surface area contributed by atoms with Gasteiger partial charge in [-0.2, -0.15) is 0 Å². The van der Waals surface area contributed by atoms with Crippen LogP contribution in [0, 0.1) is 0 Å². The maximum absolute atomic E-state index is 11.9. The summed E-state index contributed by atoms with van der Waals surface area (Å²) in [6.45, 7) is 5.65. The van der Waals surface area contributed by atoms with Gasteiger partial charge in [-0.1, -0.05) is 42.5 Å². The number of fused-ring (bicyclic) bond motifs is 1. The van der Waals surface area contributed by atoms with Gasteiger partial charge in [0, 0.05) is 24.2 Å². The molecule has 0 saturated heterocycles. The molecule has 6 heteroatoms. The van der Waals surface area contributed by atoms with Gasteiger partial charge in [0.25, 0.3) is 0 Å². The third-order valence-electron chi connectivity index (χ3n) is 3.79. The van der Waals surface area contributed by atoms with Crippen molar-refractivity contribution in [1.29, 1.82) is 0 Å². The van der Waals surface area contributed by atoms with Crippen LogP contribution in [0.15, 0.2) is 55.1 Å². The molecule has 1 unspecified atom stereocenters. The Labute approximate surface area is 142 Å². The van der Waals surface area contributed by atoms with Crippen molar-refractivity contribution in [2.24, 2.45) is 0 Å². The van der Waals surface area contributed by atoms with Gasteiger partial charge in [0.1, 0.15) is 5.25 Å². The topological polar surface area (TPSA) is 75.3 Å². The summed E-state index contributed by atoms with van der Waals surface area (Å²) >= 11 is 0. The van der Waals surface area contributed by atoms with E-state index in [-0.39, 0.29) is 5.75 Å². The molecule has 0 radical (unpaired) electrons. The third kappa shape index (κ3) is 4.35. The van der Waals surface area contributed by atoms with Gasteiger partial charge >= 0.3 is 0 Å². The summed E-state index contributed by atoms with van der Waals surface area (Å²) in [6.07, 6.45) is 1.29. The van der Waals surface area contributed by atoms with Crippen molar-refractivity contribution in [3.8, 4) is 0 Å². The van der Waals surface area contributed by atoms with E-state index >= 15 is 0 Å². The molecule has 1 amide bonds. The fourth-order valence-electron chi connectivity index (χ4n) is 2.38. The molecule has 0 saturated carbocycles. The second-order valence-electron chi connectivity index (χ2n) is 5.50. The summed E-state index contributed by atoms with van der Waals surface area (Å²) in [5, 5.41) is 7.08. The van der Waals surface area contributed by atoms with Gasteiger partial charge in [0.05, 0.1) is 5.75 Å². The number of carbonyl (C=O) groups excluding carboxylic acids is 1. The number of carbonyl (C=O) groups is 1. The molecular formula is C18H22N2O3S. The molecule has 24 heavy (non-hydrogen) atoms. The normalized spacial score (nSPS) is 12.5. The Morgan fingerprint density at radius 1 is 1.17 bits per heavy atom. The molecular weight excluding hydrogens is 324 g/mol. The van der Waals surface area contributed by atoms with Gasteiger partial charge in [-0.15, -0.1) is 6.58 Å². The second kappa shape index (κ2) is 7.97. The van der Waals surface area contributed by atoms with Crippen LogP contribution in [0.5, 0.6) is 0 Å². The van der Waals surface area contributed by atoms with Crippen molar-refractivity contribution in [2.75, 3.05) is 24.2 Å². The van der Waals surface area contributed by atoms with Crippen molar-refractivity contribution >= 4 is 32.2 Å². The lowest BCUT2D eigenvalue weighted by atomic mass is 10.1. The Morgan fingerprint density at radius 3 is 2.62 bits per heavy atom. The van der Waals surface area contributed by atoms with Crippen LogP contribution < -0.4 is 10.6 Å². The maximum atomic E-state index is 11.9. The monoisotopic (exact) mass is 346 g/mol. The molecule has 2 N–H and O–H groups in total. The fourth-order valence-corrected chi connectivity index (χ4v) is 3.40. The van der Waals surface area contributed by atoms with Crippen LogP contribution in [0.25, 0.3) is 10.8 Å². The molecule has 0 fully saturated rings. The smallest absolute Gasteiger partial charge is 0.238 e. The Kier molecular flexibility index (Phi) is 5.98. The Hall–Kier alpha value is -2.34. The van der Waals surface area contributed by atoms with Crippen molar-refractivity contribution in [1.82, 2.24) is 5.32 Å². The first-order valence-electron chi connectivity index (χ1n) is 7.77. The summed E-state index contributed by atoms with van der Waals surface area (Å²) < 4.78 is 23.6. The van der Waals surface area contributed by atoms with Gasteiger partial charge in [-0.3, -0.25) is 4.79 Å². The summed E-state index contributed by atoms with van der Waals surface area (Å²) in [5.41, 5.74) is 0.981. The zero-order valence-corrected chi connectivity index (χ0v) is 14.5. The number of amides is 1. The lowest BCUT2D eigenvalue weighted by Gasteiger charge is -2.13. The number of rotatable bonds is 8. The largest absolute Gasteiger partial charge is 0.383 e. The van der Waals surface area contributed by atoms with Crippen molar-refractivity contribution in [2.45, 2.75) is 12.2 Å². The minimum Gasteiger partial charge on any atom is -0.383 e. The summed E-state index contributed by atoms with van der Waals surface area (Å²) in [4.78, 5) is 11.9. The number of sulfone groups is 1.